The van der Waals surface area contributed by atoms with E-state index in [9.17, 15) is 4.39 Å². The highest BCUT2D eigenvalue weighted by atomic mass is 79.9. The molecule has 0 radical (unpaired) electrons. The normalized spacial score (nSPS) is 16.9. The van der Waals surface area contributed by atoms with Crippen LogP contribution in [-0.2, 0) is 5.41 Å². The molecule has 0 aliphatic rings. The van der Waals surface area contributed by atoms with Crippen LogP contribution in [0.2, 0.25) is 0 Å². The van der Waals surface area contributed by atoms with E-state index in [-0.39, 0.29) is 18.5 Å². The van der Waals surface area contributed by atoms with Gasteiger partial charge < -0.3 is 10.8 Å². The van der Waals surface area contributed by atoms with Gasteiger partial charge in [0.05, 0.1) is 0 Å². The first-order chi connectivity index (χ1) is 7.41. The van der Waals surface area contributed by atoms with Gasteiger partial charge in [-0.3, -0.25) is 0 Å². The van der Waals surface area contributed by atoms with Gasteiger partial charge in [0.1, 0.15) is 5.82 Å². The first-order valence-electron chi connectivity index (χ1n) is 5.24. The van der Waals surface area contributed by atoms with Gasteiger partial charge in [-0.05, 0) is 37.1 Å². The van der Waals surface area contributed by atoms with Crippen molar-refractivity contribution in [1.82, 2.24) is 0 Å². The predicted octanol–water partition coefficient (Wildman–Crippen LogP) is 2.58. The van der Waals surface area contributed by atoms with Gasteiger partial charge in [0.2, 0.25) is 0 Å². The van der Waals surface area contributed by atoms with E-state index in [1.165, 1.54) is 6.07 Å². The summed E-state index contributed by atoms with van der Waals surface area (Å²) in [6.45, 7) is 3.69. The molecule has 2 unspecified atom stereocenters. The lowest BCUT2D eigenvalue weighted by Crippen LogP contribution is -2.42. The molecule has 0 aliphatic heterocycles. The Morgan fingerprint density at radius 3 is 2.69 bits per heavy atom. The highest BCUT2D eigenvalue weighted by Gasteiger charge is 2.33. The van der Waals surface area contributed by atoms with Crippen LogP contribution >= 0.6 is 15.9 Å². The third-order valence-corrected chi connectivity index (χ3v) is 3.67. The molecule has 0 saturated heterocycles. The maximum atomic E-state index is 13.8. The minimum absolute atomic E-state index is 0.00993. The summed E-state index contributed by atoms with van der Waals surface area (Å²) in [6, 6.07) is 4.56. The van der Waals surface area contributed by atoms with Crippen molar-refractivity contribution < 1.29 is 9.50 Å². The van der Waals surface area contributed by atoms with Crippen molar-refractivity contribution in [2.75, 3.05) is 6.61 Å². The zero-order chi connectivity index (χ0) is 12.3. The number of nitrogens with two attached hydrogens (primary N) is 1. The van der Waals surface area contributed by atoms with Gasteiger partial charge in [-0.15, -0.1) is 0 Å². The molecule has 0 spiro atoms. The zero-order valence-electron chi connectivity index (χ0n) is 9.50. The summed E-state index contributed by atoms with van der Waals surface area (Å²) in [4.78, 5) is 0. The molecule has 2 nitrogen and oxygen atoms in total. The minimum Gasteiger partial charge on any atom is -0.396 e. The Hall–Kier alpha value is -0.450. The van der Waals surface area contributed by atoms with Crippen molar-refractivity contribution in [1.29, 1.82) is 0 Å². The van der Waals surface area contributed by atoms with Crippen LogP contribution in [0, 0.1) is 5.82 Å². The van der Waals surface area contributed by atoms with E-state index >= 15 is 0 Å². The molecule has 1 aromatic rings. The molecule has 2 atom stereocenters. The Balaban J connectivity index is 3.25. The third-order valence-electron chi connectivity index (χ3n) is 3.18. The van der Waals surface area contributed by atoms with Gasteiger partial charge >= 0.3 is 0 Å². The average Bonchev–Trinajstić information content (AvgIpc) is 2.21. The van der Waals surface area contributed by atoms with Crippen molar-refractivity contribution in [3.63, 3.8) is 0 Å². The van der Waals surface area contributed by atoms with E-state index in [1.807, 2.05) is 13.8 Å². The molecule has 0 aliphatic carbocycles. The van der Waals surface area contributed by atoms with E-state index in [0.29, 0.717) is 12.0 Å². The van der Waals surface area contributed by atoms with E-state index in [0.717, 1.165) is 4.47 Å². The van der Waals surface area contributed by atoms with Crippen LogP contribution in [-0.4, -0.2) is 17.8 Å². The number of halogens is 2. The van der Waals surface area contributed by atoms with Crippen molar-refractivity contribution in [3.8, 4) is 0 Å². The second-order valence-electron chi connectivity index (χ2n) is 4.30. The second-order valence-corrected chi connectivity index (χ2v) is 5.22. The fourth-order valence-electron chi connectivity index (χ4n) is 1.78. The largest absolute Gasteiger partial charge is 0.396 e. The Labute approximate surface area is 104 Å². The maximum Gasteiger partial charge on any atom is 0.127 e. The molecule has 0 saturated carbocycles. The Bertz CT molecular complexity index is 370. The smallest absolute Gasteiger partial charge is 0.127 e. The number of hydrogen-bond donors (Lipinski definition) is 2. The van der Waals surface area contributed by atoms with E-state index in [4.69, 9.17) is 10.8 Å². The second kappa shape index (κ2) is 5.25. The molecule has 0 amide bonds. The number of aliphatic hydroxyl groups excluding tert-OH is 1. The summed E-state index contributed by atoms with van der Waals surface area (Å²) < 4.78 is 14.6. The lowest BCUT2D eigenvalue weighted by molar-refractivity contribution is 0.226. The van der Waals surface area contributed by atoms with Crippen LogP contribution in [0.15, 0.2) is 22.7 Å². The lowest BCUT2D eigenvalue weighted by Gasteiger charge is -2.34. The van der Waals surface area contributed by atoms with E-state index < -0.39 is 5.41 Å². The standard InChI is InChI=1S/C12H17BrFNO/c1-8(15)12(2,5-6-16)10-7-9(13)3-4-11(10)14/h3-4,7-8,16H,5-6,15H2,1-2H3. The van der Waals surface area contributed by atoms with Crippen molar-refractivity contribution >= 4 is 15.9 Å². The van der Waals surface area contributed by atoms with Gasteiger partial charge in [0.25, 0.3) is 0 Å². The molecule has 16 heavy (non-hydrogen) atoms. The van der Waals surface area contributed by atoms with Crippen LogP contribution in [0.3, 0.4) is 0 Å². The predicted molar refractivity (Wildman–Crippen MR) is 66.8 cm³/mol. The zero-order valence-corrected chi connectivity index (χ0v) is 11.1. The summed E-state index contributed by atoms with van der Waals surface area (Å²) in [5.41, 5.74) is 5.91. The third kappa shape index (κ3) is 2.62. The molecule has 4 heteroatoms. The van der Waals surface area contributed by atoms with Crippen molar-refractivity contribution in [3.05, 3.63) is 34.1 Å². The van der Waals surface area contributed by atoms with Gasteiger partial charge in [-0.2, -0.15) is 0 Å². The minimum atomic E-state index is -0.553. The summed E-state index contributed by atoms with van der Waals surface area (Å²) in [5.74, 6) is -0.281. The molecule has 3 N–H and O–H groups in total. The highest BCUT2D eigenvalue weighted by molar-refractivity contribution is 9.10. The summed E-state index contributed by atoms with van der Waals surface area (Å²) in [6.07, 6.45) is 0.443. The topological polar surface area (TPSA) is 46.2 Å². The monoisotopic (exact) mass is 289 g/mol. The fraction of sp³-hybridized carbons (Fsp3) is 0.500. The number of benzene rings is 1. The molecule has 1 rings (SSSR count). The molecule has 0 bridgehead atoms. The van der Waals surface area contributed by atoms with Crippen molar-refractivity contribution in [2.45, 2.75) is 31.7 Å². The van der Waals surface area contributed by atoms with Crippen LogP contribution in [0.5, 0.6) is 0 Å². The first-order valence-corrected chi connectivity index (χ1v) is 6.03. The quantitative estimate of drug-likeness (QED) is 0.895. The first kappa shape index (κ1) is 13.6. The Kier molecular flexibility index (Phi) is 4.47. The lowest BCUT2D eigenvalue weighted by atomic mass is 9.74. The number of aliphatic hydroxyl groups is 1. The van der Waals surface area contributed by atoms with Crippen LogP contribution < -0.4 is 5.73 Å². The van der Waals surface area contributed by atoms with Gasteiger partial charge in [0, 0.05) is 22.5 Å². The molecular weight excluding hydrogens is 273 g/mol. The number of rotatable bonds is 4. The van der Waals surface area contributed by atoms with Crippen LogP contribution in [0.4, 0.5) is 4.39 Å². The van der Waals surface area contributed by atoms with Gasteiger partial charge in [-0.1, -0.05) is 22.9 Å². The van der Waals surface area contributed by atoms with Crippen LogP contribution in [0.1, 0.15) is 25.8 Å². The van der Waals surface area contributed by atoms with Gasteiger partial charge in [-0.25, -0.2) is 4.39 Å². The fourth-order valence-corrected chi connectivity index (χ4v) is 2.14. The molecule has 1 aromatic carbocycles. The maximum absolute atomic E-state index is 13.8. The number of hydrogen-bond acceptors (Lipinski definition) is 2. The average molecular weight is 290 g/mol. The van der Waals surface area contributed by atoms with E-state index in [1.54, 1.807) is 12.1 Å². The van der Waals surface area contributed by atoms with Crippen molar-refractivity contribution in [2.24, 2.45) is 5.73 Å². The summed E-state index contributed by atoms with van der Waals surface area (Å²) in [5, 5.41) is 9.08. The van der Waals surface area contributed by atoms with E-state index in [2.05, 4.69) is 15.9 Å². The molecule has 0 heterocycles. The summed E-state index contributed by atoms with van der Waals surface area (Å²) >= 11 is 3.32. The molecule has 90 valence electrons. The summed E-state index contributed by atoms with van der Waals surface area (Å²) in [7, 11) is 0. The highest BCUT2D eigenvalue weighted by Crippen LogP contribution is 2.33. The SMILES string of the molecule is CC(N)C(C)(CCO)c1cc(Br)ccc1F. The Morgan fingerprint density at radius 2 is 2.19 bits per heavy atom. The van der Waals surface area contributed by atoms with Crippen LogP contribution in [0.25, 0.3) is 0 Å². The molecule has 0 fully saturated rings. The molecular formula is C12H17BrFNO. The molecule has 0 aromatic heterocycles. The van der Waals surface area contributed by atoms with Gasteiger partial charge in [0.15, 0.2) is 0 Å². The Morgan fingerprint density at radius 1 is 1.56 bits per heavy atom.